The number of rotatable bonds is 2. The number of ketones is 1. The minimum absolute atomic E-state index is 0.0603. The van der Waals surface area contributed by atoms with Gasteiger partial charge in [0.15, 0.2) is 0 Å². The van der Waals surface area contributed by atoms with E-state index in [0.29, 0.717) is 0 Å². The van der Waals surface area contributed by atoms with Crippen LogP contribution < -0.4 is 0 Å². The van der Waals surface area contributed by atoms with Gasteiger partial charge < -0.3 is 0 Å². The molecule has 0 bridgehead atoms. The fourth-order valence-corrected chi connectivity index (χ4v) is 4.52. The van der Waals surface area contributed by atoms with Crippen LogP contribution in [0.4, 0.5) is 0 Å². The molecule has 0 saturated carbocycles. The van der Waals surface area contributed by atoms with E-state index in [2.05, 4.69) is 28.0 Å². The molecule has 2 atom stereocenters. The van der Waals surface area contributed by atoms with Gasteiger partial charge in [0.2, 0.25) is 0 Å². The molecule has 0 radical (unpaired) electrons. The largest absolute Gasteiger partial charge is 0.298 e. The number of piperazine rings is 1. The van der Waals surface area contributed by atoms with Crippen molar-refractivity contribution < 1.29 is 4.79 Å². The van der Waals surface area contributed by atoms with Gasteiger partial charge >= 0.3 is 0 Å². The number of benzene rings is 1. The van der Waals surface area contributed by atoms with Crippen molar-refractivity contribution in [3.05, 3.63) is 63.9 Å². The topological polar surface area (TPSA) is 36.4 Å². The van der Waals surface area contributed by atoms with Crippen LogP contribution in [0.25, 0.3) is 0 Å². The summed E-state index contributed by atoms with van der Waals surface area (Å²) >= 11 is 6.28. The molecule has 1 saturated heterocycles. The minimum Gasteiger partial charge on any atom is -0.298 e. The summed E-state index contributed by atoms with van der Waals surface area (Å²) < 4.78 is 0. The standard InChI is InChI=1S/C21H24ClN3O/c1-14(26)19-13-25(11-10-24(19)2)21-18-8-7-17(22)12-16(18)6-5-15-4-3-9-23-20(15)21/h3-4,7-9,12,19,21H,5-6,10-11,13H2,1-2H3. The molecular formula is C21H24ClN3O. The number of nitrogens with zero attached hydrogens (tertiary/aromatic N) is 3. The number of carbonyl (C=O) groups is 1. The Bertz CT molecular complexity index is 838. The summed E-state index contributed by atoms with van der Waals surface area (Å²) in [5.41, 5.74) is 4.99. The van der Waals surface area contributed by atoms with Gasteiger partial charge in [-0.15, -0.1) is 0 Å². The molecule has 4 nitrogen and oxygen atoms in total. The number of hydrogen-bond donors (Lipinski definition) is 0. The third kappa shape index (κ3) is 3.18. The Balaban J connectivity index is 1.80. The van der Waals surface area contributed by atoms with Crippen LogP contribution in [0.2, 0.25) is 5.02 Å². The zero-order valence-corrected chi connectivity index (χ0v) is 16.0. The minimum atomic E-state index is -0.0603. The summed E-state index contributed by atoms with van der Waals surface area (Å²) in [6.45, 7) is 4.22. The lowest BCUT2D eigenvalue weighted by atomic mass is 9.95. The van der Waals surface area contributed by atoms with Gasteiger partial charge in [0, 0.05) is 30.9 Å². The van der Waals surface area contributed by atoms with E-state index < -0.39 is 0 Å². The predicted molar refractivity (Wildman–Crippen MR) is 104 cm³/mol. The number of likely N-dealkylation sites (N-methyl/N-ethyl adjacent to an activating group) is 1. The van der Waals surface area contributed by atoms with Crippen LogP contribution >= 0.6 is 11.6 Å². The summed E-state index contributed by atoms with van der Waals surface area (Å²) in [4.78, 5) is 21.5. The number of halogens is 1. The summed E-state index contributed by atoms with van der Waals surface area (Å²) in [6.07, 6.45) is 3.82. The summed E-state index contributed by atoms with van der Waals surface area (Å²) in [5, 5.41) is 0.779. The van der Waals surface area contributed by atoms with Gasteiger partial charge in [-0.3, -0.25) is 19.6 Å². The predicted octanol–water partition coefficient (Wildman–Crippen LogP) is 3.13. The molecule has 2 aliphatic rings. The Hall–Kier alpha value is -1.75. The molecule has 1 aromatic heterocycles. The second-order valence-electron chi connectivity index (χ2n) is 7.40. The highest BCUT2D eigenvalue weighted by molar-refractivity contribution is 6.30. The van der Waals surface area contributed by atoms with Crippen LogP contribution in [0.5, 0.6) is 0 Å². The van der Waals surface area contributed by atoms with Gasteiger partial charge in [-0.1, -0.05) is 23.7 Å². The first-order valence-corrected chi connectivity index (χ1v) is 9.59. The highest BCUT2D eigenvalue weighted by Gasteiger charge is 2.36. The van der Waals surface area contributed by atoms with E-state index in [1.165, 1.54) is 16.7 Å². The molecule has 136 valence electrons. The molecule has 0 spiro atoms. The van der Waals surface area contributed by atoms with E-state index in [1.807, 2.05) is 25.4 Å². The van der Waals surface area contributed by atoms with E-state index in [-0.39, 0.29) is 17.9 Å². The van der Waals surface area contributed by atoms with E-state index in [4.69, 9.17) is 16.6 Å². The van der Waals surface area contributed by atoms with Crippen molar-refractivity contribution in [3.63, 3.8) is 0 Å². The van der Waals surface area contributed by atoms with Crippen molar-refractivity contribution in [3.8, 4) is 0 Å². The molecule has 0 N–H and O–H groups in total. The zero-order chi connectivity index (χ0) is 18.3. The maximum absolute atomic E-state index is 12.1. The Kier molecular flexibility index (Phi) is 4.82. The molecule has 1 fully saturated rings. The van der Waals surface area contributed by atoms with Crippen LogP contribution in [0.15, 0.2) is 36.5 Å². The fraction of sp³-hybridized carbons (Fsp3) is 0.429. The van der Waals surface area contributed by atoms with Crippen LogP contribution in [-0.4, -0.2) is 53.3 Å². The van der Waals surface area contributed by atoms with Gasteiger partial charge in [-0.05, 0) is 61.7 Å². The number of aromatic nitrogens is 1. The highest BCUT2D eigenvalue weighted by atomic mass is 35.5. The third-order valence-electron chi connectivity index (χ3n) is 5.76. The molecule has 1 aliphatic heterocycles. The smallest absolute Gasteiger partial charge is 0.148 e. The van der Waals surface area contributed by atoms with Crippen LogP contribution in [-0.2, 0) is 17.6 Å². The van der Waals surface area contributed by atoms with Gasteiger partial charge in [-0.25, -0.2) is 0 Å². The average molecular weight is 370 g/mol. The van der Waals surface area contributed by atoms with Gasteiger partial charge in [0.1, 0.15) is 5.78 Å². The van der Waals surface area contributed by atoms with Gasteiger partial charge in [0.05, 0.1) is 17.8 Å². The lowest BCUT2D eigenvalue weighted by Gasteiger charge is -2.42. The number of aryl methyl sites for hydroxylation is 2. The van der Waals surface area contributed by atoms with E-state index >= 15 is 0 Å². The number of hydrogen-bond acceptors (Lipinski definition) is 4. The lowest BCUT2D eigenvalue weighted by Crippen LogP contribution is -2.55. The molecule has 0 amide bonds. The molecule has 2 unspecified atom stereocenters. The molecule has 5 heteroatoms. The molecule has 1 aliphatic carbocycles. The normalized spacial score (nSPS) is 23.8. The first-order valence-electron chi connectivity index (χ1n) is 9.21. The van der Waals surface area contributed by atoms with Crippen molar-refractivity contribution in [1.82, 2.24) is 14.8 Å². The SMILES string of the molecule is CC(=O)C1CN(C2c3ccc(Cl)cc3CCc3cccnc32)CCN1C. The first-order chi connectivity index (χ1) is 12.5. The molecule has 4 rings (SSSR count). The summed E-state index contributed by atoms with van der Waals surface area (Å²) in [7, 11) is 2.04. The molecular weight excluding hydrogens is 346 g/mol. The third-order valence-corrected chi connectivity index (χ3v) is 6.00. The lowest BCUT2D eigenvalue weighted by molar-refractivity contribution is -0.124. The Labute approximate surface area is 159 Å². The second kappa shape index (κ2) is 7.10. The highest BCUT2D eigenvalue weighted by Crippen LogP contribution is 2.37. The quantitative estimate of drug-likeness (QED) is 0.815. The zero-order valence-electron chi connectivity index (χ0n) is 15.3. The van der Waals surface area contributed by atoms with E-state index in [9.17, 15) is 4.79 Å². The Morgan fingerprint density at radius 2 is 2.00 bits per heavy atom. The van der Waals surface area contributed by atoms with Crippen LogP contribution in [0.3, 0.4) is 0 Å². The molecule has 2 aromatic rings. The maximum Gasteiger partial charge on any atom is 0.148 e. The Morgan fingerprint density at radius 1 is 1.19 bits per heavy atom. The van der Waals surface area contributed by atoms with Crippen molar-refractivity contribution in [2.45, 2.75) is 31.8 Å². The van der Waals surface area contributed by atoms with Crippen molar-refractivity contribution in [2.24, 2.45) is 0 Å². The summed E-state index contributed by atoms with van der Waals surface area (Å²) in [6, 6.07) is 10.4. The first kappa shape index (κ1) is 17.7. The number of pyridine rings is 1. The van der Waals surface area contributed by atoms with Crippen molar-refractivity contribution in [1.29, 1.82) is 0 Å². The Morgan fingerprint density at radius 3 is 2.81 bits per heavy atom. The van der Waals surface area contributed by atoms with Crippen molar-refractivity contribution in [2.75, 3.05) is 26.7 Å². The maximum atomic E-state index is 12.1. The van der Waals surface area contributed by atoms with Gasteiger partial charge in [0.25, 0.3) is 0 Å². The van der Waals surface area contributed by atoms with Gasteiger partial charge in [-0.2, -0.15) is 0 Å². The average Bonchev–Trinajstić information content (AvgIpc) is 2.79. The van der Waals surface area contributed by atoms with Crippen molar-refractivity contribution >= 4 is 17.4 Å². The van der Waals surface area contributed by atoms with Crippen LogP contribution in [0, 0.1) is 0 Å². The van der Waals surface area contributed by atoms with E-state index in [0.717, 1.165) is 43.2 Å². The monoisotopic (exact) mass is 369 g/mol. The molecule has 26 heavy (non-hydrogen) atoms. The van der Waals surface area contributed by atoms with E-state index in [1.54, 1.807) is 6.92 Å². The number of fused-ring (bicyclic) bond motifs is 2. The number of carbonyl (C=O) groups excluding carboxylic acids is 1. The molecule has 2 heterocycles. The molecule has 1 aromatic carbocycles. The summed E-state index contributed by atoms with van der Waals surface area (Å²) in [5.74, 6) is 0.225. The van der Waals surface area contributed by atoms with Crippen LogP contribution in [0.1, 0.15) is 35.3 Å². The number of Topliss-reactive ketones (excluding diaryl/α,β-unsaturated/α-hetero) is 1. The fourth-order valence-electron chi connectivity index (χ4n) is 4.32. The second-order valence-corrected chi connectivity index (χ2v) is 7.83.